The van der Waals surface area contributed by atoms with E-state index in [0.717, 1.165) is 57.7 Å². The standard InChI is InChI=1S/C41H35F3O3/c1-3-4-5-10-25-46-30-21-17-28(18-22-30)40(27-15-19-29(45-2)20-16-27)24-23-35-37(41(42,43)44)26-36-33-13-7-6-11-31(33)32-12-8-9-14-34(32)38(36)39(35)47-40/h6-9,11-24,26H,3-5,10,25H2,1-2H3. The van der Waals surface area contributed by atoms with Gasteiger partial charge in [-0.3, -0.25) is 0 Å². The van der Waals surface area contributed by atoms with Gasteiger partial charge < -0.3 is 14.2 Å². The van der Waals surface area contributed by atoms with Crippen molar-refractivity contribution in [1.29, 1.82) is 0 Å². The van der Waals surface area contributed by atoms with E-state index in [1.165, 1.54) is 12.5 Å². The Hall–Kier alpha value is -4.97. The highest BCUT2D eigenvalue weighted by molar-refractivity contribution is 6.27. The fourth-order valence-electron chi connectivity index (χ4n) is 6.78. The van der Waals surface area contributed by atoms with Gasteiger partial charge in [0, 0.05) is 22.1 Å². The average molecular weight is 633 g/mol. The number of hydrogen-bond acceptors (Lipinski definition) is 3. The lowest BCUT2D eigenvalue weighted by Crippen LogP contribution is -2.34. The van der Waals surface area contributed by atoms with Crippen molar-refractivity contribution in [3.05, 3.63) is 131 Å². The lowest BCUT2D eigenvalue weighted by molar-refractivity contribution is -0.137. The van der Waals surface area contributed by atoms with Gasteiger partial charge in [-0.15, -0.1) is 0 Å². The predicted molar refractivity (Wildman–Crippen MR) is 183 cm³/mol. The zero-order valence-electron chi connectivity index (χ0n) is 26.4. The fourth-order valence-corrected chi connectivity index (χ4v) is 6.78. The van der Waals surface area contributed by atoms with E-state index >= 15 is 0 Å². The fraction of sp³-hybridized carbons (Fsp3) is 0.220. The second-order valence-electron chi connectivity index (χ2n) is 12.0. The first-order valence-electron chi connectivity index (χ1n) is 16.1. The van der Waals surface area contributed by atoms with Crippen LogP contribution in [0.25, 0.3) is 38.4 Å². The predicted octanol–water partition coefficient (Wildman–Crippen LogP) is 11.5. The van der Waals surface area contributed by atoms with Crippen molar-refractivity contribution in [2.75, 3.05) is 13.7 Å². The van der Waals surface area contributed by atoms with Crippen LogP contribution in [-0.4, -0.2) is 13.7 Å². The van der Waals surface area contributed by atoms with E-state index in [4.69, 9.17) is 14.2 Å². The van der Waals surface area contributed by atoms with Gasteiger partial charge in [0.05, 0.1) is 19.3 Å². The van der Waals surface area contributed by atoms with Crippen LogP contribution in [0.4, 0.5) is 13.2 Å². The zero-order valence-corrected chi connectivity index (χ0v) is 26.4. The maximum atomic E-state index is 14.8. The maximum Gasteiger partial charge on any atom is 0.417 e. The summed E-state index contributed by atoms with van der Waals surface area (Å²) in [5, 5.41) is 4.56. The van der Waals surface area contributed by atoms with Gasteiger partial charge in [0.1, 0.15) is 17.2 Å². The second-order valence-corrected chi connectivity index (χ2v) is 12.0. The molecule has 0 aromatic heterocycles. The molecule has 1 unspecified atom stereocenters. The third kappa shape index (κ3) is 5.46. The second kappa shape index (κ2) is 12.3. The van der Waals surface area contributed by atoms with Gasteiger partial charge in [-0.1, -0.05) is 99.0 Å². The van der Waals surface area contributed by atoms with Crippen LogP contribution in [0.2, 0.25) is 0 Å². The molecular formula is C41H35F3O3. The Bertz CT molecular complexity index is 2100. The molecule has 0 bridgehead atoms. The maximum absolute atomic E-state index is 14.8. The van der Waals surface area contributed by atoms with E-state index in [9.17, 15) is 13.2 Å². The first-order valence-corrected chi connectivity index (χ1v) is 16.1. The number of halogens is 3. The van der Waals surface area contributed by atoms with Crippen molar-refractivity contribution in [3.8, 4) is 17.2 Å². The molecular weight excluding hydrogens is 597 g/mol. The van der Waals surface area contributed by atoms with Crippen molar-refractivity contribution in [1.82, 2.24) is 0 Å². The molecule has 1 aliphatic heterocycles. The molecule has 6 aromatic rings. The van der Waals surface area contributed by atoms with Crippen molar-refractivity contribution in [2.24, 2.45) is 0 Å². The minimum Gasteiger partial charge on any atom is -0.497 e. The van der Waals surface area contributed by atoms with Gasteiger partial charge in [0.15, 0.2) is 5.60 Å². The van der Waals surface area contributed by atoms with Crippen LogP contribution in [0.3, 0.4) is 0 Å². The number of hydrogen-bond donors (Lipinski definition) is 0. The van der Waals surface area contributed by atoms with Crippen molar-refractivity contribution < 1.29 is 27.4 Å². The number of benzene rings is 6. The molecule has 47 heavy (non-hydrogen) atoms. The number of fused-ring (bicyclic) bond motifs is 8. The van der Waals surface area contributed by atoms with Gasteiger partial charge in [-0.05, 0) is 75.8 Å². The van der Waals surface area contributed by atoms with Crippen LogP contribution in [0.1, 0.15) is 54.9 Å². The molecule has 1 atom stereocenters. The lowest BCUT2D eigenvalue weighted by Gasteiger charge is -2.37. The Morgan fingerprint density at radius 2 is 1.26 bits per heavy atom. The van der Waals surface area contributed by atoms with E-state index < -0.39 is 17.3 Å². The van der Waals surface area contributed by atoms with Crippen molar-refractivity contribution in [2.45, 2.75) is 44.4 Å². The van der Waals surface area contributed by atoms with Crippen molar-refractivity contribution >= 4 is 38.4 Å². The van der Waals surface area contributed by atoms with Crippen LogP contribution in [0, 0.1) is 0 Å². The Kier molecular flexibility index (Phi) is 8.04. The van der Waals surface area contributed by atoms with E-state index in [0.29, 0.717) is 23.1 Å². The minimum atomic E-state index is -4.60. The molecule has 1 heterocycles. The SMILES string of the molecule is CCCCCCOc1ccc(C2(c3ccc(OC)cc3)C=Cc3c(C(F)(F)F)cc4c5ccccc5c5ccccc5c4c3O2)cc1. The number of methoxy groups -OCH3 is 1. The molecule has 7 rings (SSSR count). The molecule has 0 spiro atoms. The van der Waals surface area contributed by atoms with Gasteiger partial charge in [0.2, 0.25) is 0 Å². The van der Waals surface area contributed by atoms with E-state index in [1.54, 1.807) is 19.3 Å². The summed E-state index contributed by atoms with van der Waals surface area (Å²) in [5.41, 5.74) is -0.431. The summed E-state index contributed by atoms with van der Waals surface area (Å²) in [6.07, 6.45) is 3.14. The molecule has 0 saturated heterocycles. The molecule has 0 amide bonds. The number of unbranched alkanes of at least 4 members (excludes halogenated alkanes) is 3. The third-order valence-corrected chi connectivity index (χ3v) is 9.15. The van der Waals surface area contributed by atoms with Crippen LogP contribution >= 0.6 is 0 Å². The van der Waals surface area contributed by atoms with E-state index in [1.807, 2.05) is 97.1 Å². The number of ether oxygens (including phenoxy) is 3. The largest absolute Gasteiger partial charge is 0.497 e. The Morgan fingerprint density at radius 3 is 1.85 bits per heavy atom. The monoisotopic (exact) mass is 632 g/mol. The Labute approximate surface area is 272 Å². The van der Waals surface area contributed by atoms with E-state index in [-0.39, 0.29) is 11.3 Å². The van der Waals surface area contributed by atoms with Gasteiger partial charge >= 0.3 is 6.18 Å². The number of rotatable bonds is 9. The molecule has 3 nitrogen and oxygen atoms in total. The molecule has 0 saturated carbocycles. The summed E-state index contributed by atoms with van der Waals surface area (Å²) >= 11 is 0. The summed E-state index contributed by atoms with van der Waals surface area (Å²) in [7, 11) is 1.60. The van der Waals surface area contributed by atoms with Crippen LogP contribution in [0.15, 0.2) is 109 Å². The molecule has 1 aliphatic rings. The lowest BCUT2D eigenvalue weighted by atomic mass is 9.81. The Morgan fingerprint density at radius 1 is 0.681 bits per heavy atom. The van der Waals surface area contributed by atoms with Crippen LogP contribution < -0.4 is 14.2 Å². The molecule has 0 aliphatic carbocycles. The van der Waals surface area contributed by atoms with E-state index in [2.05, 4.69) is 6.92 Å². The molecule has 6 heteroatoms. The minimum absolute atomic E-state index is 0.0154. The average Bonchev–Trinajstić information content (AvgIpc) is 3.10. The molecule has 0 radical (unpaired) electrons. The smallest absolute Gasteiger partial charge is 0.417 e. The summed E-state index contributed by atoms with van der Waals surface area (Å²) in [6, 6.07) is 31.9. The summed E-state index contributed by atoms with van der Waals surface area (Å²) in [5.74, 6) is 1.60. The van der Waals surface area contributed by atoms with Gasteiger partial charge in [-0.2, -0.15) is 13.2 Å². The topological polar surface area (TPSA) is 27.7 Å². The van der Waals surface area contributed by atoms with Gasteiger partial charge in [-0.25, -0.2) is 0 Å². The van der Waals surface area contributed by atoms with Gasteiger partial charge in [0.25, 0.3) is 0 Å². The molecule has 0 fully saturated rings. The Balaban J connectivity index is 1.46. The van der Waals surface area contributed by atoms with Crippen LogP contribution in [-0.2, 0) is 11.8 Å². The van der Waals surface area contributed by atoms with Crippen LogP contribution in [0.5, 0.6) is 17.2 Å². The molecule has 238 valence electrons. The summed E-state index contributed by atoms with van der Waals surface area (Å²) in [6.45, 7) is 2.80. The third-order valence-electron chi connectivity index (χ3n) is 9.15. The molecule has 0 N–H and O–H groups in total. The first kappa shape index (κ1) is 30.7. The number of alkyl halides is 3. The van der Waals surface area contributed by atoms with Crippen molar-refractivity contribution in [3.63, 3.8) is 0 Å². The highest BCUT2D eigenvalue weighted by atomic mass is 19.4. The summed E-state index contributed by atoms with van der Waals surface area (Å²) in [4.78, 5) is 0. The highest BCUT2D eigenvalue weighted by Gasteiger charge is 2.42. The first-order chi connectivity index (χ1) is 22.8. The highest BCUT2D eigenvalue weighted by Crippen LogP contribution is 2.52. The quantitative estimate of drug-likeness (QED) is 0.117. The summed E-state index contributed by atoms with van der Waals surface area (Å²) < 4.78 is 63.0. The molecule has 6 aromatic carbocycles. The zero-order chi connectivity index (χ0) is 32.6. The normalized spacial score (nSPS) is 15.9.